The summed E-state index contributed by atoms with van der Waals surface area (Å²) < 4.78 is 0. The lowest BCUT2D eigenvalue weighted by Crippen LogP contribution is -2.35. The van der Waals surface area contributed by atoms with E-state index in [0.29, 0.717) is 36.6 Å². The van der Waals surface area contributed by atoms with E-state index < -0.39 is 0 Å². The number of phenols is 1. The van der Waals surface area contributed by atoms with Crippen LogP contribution >= 0.6 is 0 Å². The van der Waals surface area contributed by atoms with Gasteiger partial charge >= 0.3 is 0 Å². The molecule has 0 radical (unpaired) electrons. The van der Waals surface area contributed by atoms with Crippen molar-refractivity contribution in [3.8, 4) is 5.75 Å². The minimum atomic E-state index is -0.213. The van der Waals surface area contributed by atoms with E-state index in [1.165, 1.54) is 0 Å². The number of nitrogens with one attached hydrogen (secondary N) is 2. The number of carbonyl (C=O) groups excluding carboxylic acids is 1. The molecule has 3 N–H and O–H groups in total. The second kappa shape index (κ2) is 11.6. The van der Waals surface area contributed by atoms with Crippen LogP contribution in [0.15, 0.2) is 36.4 Å². The second-order valence-corrected chi connectivity index (χ2v) is 13.7. The number of benzene rings is 2. The highest BCUT2D eigenvalue weighted by Crippen LogP contribution is 2.40. The van der Waals surface area contributed by atoms with E-state index in [1.807, 2.05) is 49.3 Å². The first-order valence-electron chi connectivity index (χ1n) is 14.6. The summed E-state index contributed by atoms with van der Waals surface area (Å²) in [4.78, 5) is 24.5. The topological polar surface area (TPSA) is 90.4 Å². The molecule has 40 heavy (non-hydrogen) atoms. The van der Waals surface area contributed by atoms with Crippen LogP contribution in [-0.2, 0) is 22.0 Å². The number of rotatable bonds is 7. The van der Waals surface area contributed by atoms with Gasteiger partial charge in [0, 0.05) is 32.1 Å². The average Bonchev–Trinajstić information content (AvgIpc) is 2.87. The van der Waals surface area contributed by atoms with E-state index in [0.717, 1.165) is 59.1 Å². The lowest BCUT2D eigenvalue weighted by Gasteiger charge is -2.30. The summed E-state index contributed by atoms with van der Waals surface area (Å²) in [6.07, 6.45) is 4.46. The van der Waals surface area contributed by atoms with Gasteiger partial charge in [0.25, 0.3) is 0 Å². The summed E-state index contributed by atoms with van der Waals surface area (Å²) in [5.74, 6) is 2.44. The zero-order valence-electron chi connectivity index (χ0n) is 25.6. The number of phenolic OH excluding ortho intramolecular Hbond substituents is 1. The van der Waals surface area contributed by atoms with Gasteiger partial charge in [-0.1, -0.05) is 65.8 Å². The lowest BCUT2D eigenvalue weighted by atomic mass is 9.78. The molecule has 4 rings (SSSR count). The van der Waals surface area contributed by atoms with E-state index in [4.69, 9.17) is 9.97 Å². The highest BCUT2D eigenvalue weighted by atomic mass is 16.3. The first-order valence-corrected chi connectivity index (χ1v) is 14.6. The normalized spacial score (nSPS) is 18.0. The number of nitrogens with zero attached hydrogens (tertiary/aromatic N) is 3. The molecule has 0 bridgehead atoms. The standard InChI is InChI=1S/C33H47N5O2/c1-32(2,3)25-17-22(18-26(29(25)40)33(4,5)6)19-28(39)34-20-21-13-15-23(16-14-21)35-31-36-27-12-10-9-11-24(27)30(37-31)38(7)8/h9-12,17-18,21,23,40H,13-16,19-20H2,1-8H3,(H,34,39)(H,35,36,37)/t21-,23+. The van der Waals surface area contributed by atoms with Gasteiger partial charge < -0.3 is 20.6 Å². The van der Waals surface area contributed by atoms with E-state index >= 15 is 0 Å². The number of fused-ring (bicyclic) bond motifs is 1. The van der Waals surface area contributed by atoms with Crippen molar-refractivity contribution in [1.29, 1.82) is 0 Å². The van der Waals surface area contributed by atoms with Crippen LogP contribution in [-0.4, -0.2) is 47.7 Å². The molecule has 1 amide bonds. The Bertz CT molecular complexity index is 1310. The maximum Gasteiger partial charge on any atom is 0.225 e. The molecule has 3 aromatic rings. The highest BCUT2D eigenvalue weighted by Gasteiger charge is 2.27. The molecular weight excluding hydrogens is 498 g/mol. The smallest absolute Gasteiger partial charge is 0.225 e. The monoisotopic (exact) mass is 545 g/mol. The maximum absolute atomic E-state index is 13.0. The van der Waals surface area contributed by atoms with E-state index in [2.05, 4.69) is 58.2 Å². The Morgan fingerprint density at radius 1 is 0.950 bits per heavy atom. The number of para-hydroxylation sites is 1. The molecule has 1 aliphatic rings. The molecular formula is C33H47N5O2. The molecule has 0 aliphatic heterocycles. The van der Waals surface area contributed by atoms with Crippen molar-refractivity contribution in [2.45, 2.75) is 90.5 Å². The molecule has 2 aromatic carbocycles. The third-order valence-corrected chi connectivity index (χ3v) is 7.93. The van der Waals surface area contributed by atoms with Crippen molar-refractivity contribution in [3.05, 3.63) is 53.1 Å². The van der Waals surface area contributed by atoms with Crippen molar-refractivity contribution < 1.29 is 9.90 Å². The Balaban J connectivity index is 1.32. The number of hydrogen-bond acceptors (Lipinski definition) is 6. The Labute approximate surface area is 239 Å². The molecule has 0 spiro atoms. The highest BCUT2D eigenvalue weighted by molar-refractivity contribution is 5.90. The molecule has 1 aliphatic carbocycles. The number of hydrogen-bond donors (Lipinski definition) is 3. The van der Waals surface area contributed by atoms with E-state index in [1.54, 1.807) is 0 Å². The summed E-state index contributed by atoms with van der Waals surface area (Å²) in [6.45, 7) is 13.3. The number of aromatic hydroxyl groups is 1. The quantitative estimate of drug-likeness (QED) is 0.322. The zero-order valence-corrected chi connectivity index (χ0v) is 25.6. The molecule has 0 unspecified atom stereocenters. The van der Waals surface area contributed by atoms with Gasteiger partial charge in [-0.25, -0.2) is 4.98 Å². The van der Waals surface area contributed by atoms with Gasteiger partial charge in [-0.15, -0.1) is 0 Å². The summed E-state index contributed by atoms with van der Waals surface area (Å²) in [7, 11) is 4.01. The van der Waals surface area contributed by atoms with Crippen LogP contribution in [0.4, 0.5) is 11.8 Å². The predicted molar refractivity (Wildman–Crippen MR) is 165 cm³/mol. The number of aromatic nitrogens is 2. The van der Waals surface area contributed by atoms with Gasteiger partial charge in [-0.3, -0.25) is 4.79 Å². The zero-order chi connectivity index (χ0) is 29.2. The summed E-state index contributed by atoms with van der Waals surface area (Å²) in [6, 6.07) is 12.4. The SMILES string of the molecule is CN(C)c1nc(N[C@H]2CC[C@@H](CNC(=O)Cc3cc(C(C)(C)C)c(O)c(C(C)(C)C)c3)CC2)nc2ccccc12. The minimum Gasteiger partial charge on any atom is -0.507 e. The van der Waals surface area contributed by atoms with Crippen LogP contribution in [0, 0.1) is 5.92 Å². The molecule has 0 saturated heterocycles. The molecule has 1 saturated carbocycles. The Morgan fingerprint density at radius 2 is 1.55 bits per heavy atom. The van der Waals surface area contributed by atoms with Crippen molar-refractivity contribution in [2.75, 3.05) is 30.9 Å². The fraction of sp³-hybridized carbons (Fsp3) is 0.545. The third kappa shape index (κ3) is 7.04. The lowest BCUT2D eigenvalue weighted by molar-refractivity contribution is -0.120. The third-order valence-electron chi connectivity index (χ3n) is 7.93. The molecule has 216 valence electrons. The predicted octanol–water partition coefficient (Wildman–Crippen LogP) is 6.33. The Morgan fingerprint density at radius 3 is 2.12 bits per heavy atom. The van der Waals surface area contributed by atoms with Gasteiger partial charge in [0.15, 0.2) is 0 Å². The van der Waals surface area contributed by atoms with Gasteiger partial charge in [-0.05, 0) is 71.3 Å². The molecule has 7 heteroatoms. The fourth-order valence-corrected chi connectivity index (χ4v) is 5.60. The van der Waals surface area contributed by atoms with Crippen LogP contribution < -0.4 is 15.5 Å². The molecule has 7 nitrogen and oxygen atoms in total. The molecule has 1 heterocycles. The van der Waals surface area contributed by atoms with Crippen LogP contribution in [0.2, 0.25) is 0 Å². The molecule has 0 atom stereocenters. The summed E-state index contributed by atoms with van der Waals surface area (Å²) >= 11 is 0. The van der Waals surface area contributed by atoms with E-state index in [9.17, 15) is 9.90 Å². The largest absolute Gasteiger partial charge is 0.507 e. The van der Waals surface area contributed by atoms with Gasteiger partial charge in [0.2, 0.25) is 11.9 Å². The van der Waals surface area contributed by atoms with Crippen LogP contribution in [0.25, 0.3) is 10.9 Å². The first-order chi connectivity index (χ1) is 18.7. The summed E-state index contributed by atoms with van der Waals surface area (Å²) in [5, 5.41) is 18.8. The van der Waals surface area contributed by atoms with Crippen molar-refractivity contribution >= 4 is 28.6 Å². The van der Waals surface area contributed by atoms with E-state index in [-0.39, 0.29) is 16.7 Å². The first kappa shape index (κ1) is 29.6. The average molecular weight is 546 g/mol. The number of amides is 1. The van der Waals surface area contributed by atoms with Crippen LogP contribution in [0.3, 0.4) is 0 Å². The number of anilines is 2. The van der Waals surface area contributed by atoms with Crippen molar-refractivity contribution in [3.63, 3.8) is 0 Å². The number of carbonyl (C=O) groups is 1. The van der Waals surface area contributed by atoms with Crippen molar-refractivity contribution in [1.82, 2.24) is 15.3 Å². The molecule has 1 fully saturated rings. The second-order valence-electron chi connectivity index (χ2n) is 13.7. The Kier molecular flexibility index (Phi) is 8.62. The van der Waals surface area contributed by atoms with Gasteiger partial charge in [0.1, 0.15) is 11.6 Å². The van der Waals surface area contributed by atoms with Gasteiger partial charge in [0.05, 0.1) is 11.9 Å². The van der Waals surface area contributed by atoms with Gasteiger partial charge in [-0.2, -0.15) is 4.98 Å². The summed E-state index contributed by atoms with van der Waals surface area (Å²) in [5.41, 5.74) is 3.25. The fourth-order valence-electron chi connectivity index (χ4n) is 5.60. The van der Waals surface area contributed by atoms with Crippen LogP contribution in [0.1, 0.15) is 83.9 Å². The Hall–Kier alpha value is -3.35. The van der Waals surface area contributed by atoms with Crippen molar-refractivity contribution in [2.24, 2.45) is 5.92 Å². The maximum atomic E-state index is 13.0. The minimum absolute atomic E-state index is 0.0337. The molecule has 1 aromatic heterocycles. The van der Waals surface area contributed by atoms with Crippen LogP contribution in [0.5, 0.6) is 5.75 Å².